The average Bonchev–Trinajstić information content (AvgIpc) is 2.81. The Kier molecular flexibility index (Phi) is 5.89. The van der Waals surface area contributed by atoms with Gasteiger partial charge in [-0.15, -0.1) is 0 Å². The average molecular weight is 500 g/mol. The molecule has 0 spiro atoms. The maximum absolute atomic E-state index is 13.9. The van der Waals surface area contributed by atoms with Gasteiger partial charge in [0.2, 0.25) is 11.7 Å². The molecule has 6 N–H and O–H groups in total. The van der Waals surface area contributed by atoms with Crippen LogP contribution in [-0.2, 0) is 20.8 Å². The number of phenolic OH excluding ortho intramolecular Hbond substituents is 1. The fraction of sp³-hybridized carbons (Fsp3) is 0.577. The van der Waals surface area contributed by atoms with Crippen LogP contribution in [0, 0.1) is 17.8 Å². The number of aliphatic hydroxyl groups excluding tert-OH is 2. The number of nitrogens with two attached hydrogens (primary N) is 1. The van der Waals surface area contributed by atoms with Gasteiger partial charge in [0.25, 0.3) is 0 Å². The first kappa shape index (κ1) is 24.7. The summed E-state index contributed by atoms with van der Waals surface area (Å²) in [7, 11) is 3.27. The van der Waals surface area contributed by atoms with Crippen LogP contribution in [0.25, 0.3) is 5.76 Å². The Bertz CT molecular complexity index is 1170. The number of amides is 1. The van der Waals surface area contributed by atoms with E-state index in [0.29, 0.717) is 6.42 Å². The maximum Gasteiger partial charge on any atom is 0.230 e. The largest absolute Gasteiger partial charge is 0.507 e. The van der Waals surface area contributed by atoms with Gasteiger partial charge in [-0.05, 0) is 69.8 Å². The third kappa shape index (κ3) is 3.31. The number of carbonyl (C=O) groups excluding carboxylic acids is 3. The number of phenols is 1. The van der Waals surface area contributed by atoms with Crippen molar-refractivity contribution in [2.45, 2.75) is 49.9 Å². The summed E-state index contributed by atoms with van der Waals surface area (Å²) in [4.78, 5) is 43.1. The van der Waals surface area contributed by atoms with Gasteiger partial charge in [-0.25, -0.2) is 0 Å². The van der Waals surface area contributed by atoms with E-state index in [9.17, 15) is 34.8 Å². The van der Waals surface area contributed by atoms with Crippen molar-refractivity contribution in [2.75, 3.05) is 32.1 Å². The van der Waals surface area contributed by atoms with Crippen LogP contribution < -0.4 is 10.6 Å². The molecule has 4 aliphatic rings. The molecule has 6 atom stereocenters. The van der Waals surface area contributed by atoms with E-state index in [1.807, 2.05) is 6.07 Å². The topological polar surface area (TPSA) is 165 Å². The second-order valence-electron chi connectivity index (χ2n) is 10.8. The minimum atomic E-state index is -2.63. The van der Waals surface area contributed by atoms with Crippen molar-refractivity contribution in [1.29, 1.82) is 0 Å². The number of benzene rings is 1. The molecule has 1 aromatic carbocycles. The zero-order chi connectivity index (χ0) is 26.1. The number of carbonyl (C=O) groups is 3. The number of fused-ring (bicyclic) bond motifs is 3. The standard InChI is InChI=1S/C26H33N3O7/c1-28(2)20-14-11-12-10-13-15(29-8-4-3-5-9-29)6-7-16(30)18(13)21(31)17(12)23(33)26(14,36)24(34)19(22(20)32)25(27)35/h6-7,12,14,19-20,22,30-32,36H,3-5,8-11H2,1-2H3,(H2,27,35)/t12-,14-,19?,20?,22?,26-/m1/s1. The number of Topliss-reactive ketones (excluding diaryl/α,β-unsaturated/α-hetero) is 2. The Morgan fingerprint density at radius 1 is 1.14 bits per heavy atom. The number of nitrogens with zero attached hydrogens (tertiary/aromatic N) is 2. The Labute approximate surface area is 209 Å². The smallest absolute Gasteiger partial charge is 0.230 e. The number of primary amides is 1. The highest BCUT2D eigenvalue weighted by Gasteiger charge is 2.67. The second-order valence-corrected chi connectivity index (χ2v) is 10.8. The van der Waals surface area contributed by atoms with Crippen molar-refractivity contribution in [1.82, 2.24) is 4.90 Å². The molecule has 1 saturated heterocycles. The number of aromatic hydroxyl groups is 1. The lowest BCUT2D eigenvalue weighted by atomic mass is 9.54. The van der Waals surface area contributed by atoms with E-state index < -0.39 is 58.7 Å². The molecule has 10 nitrogen and oxygen atoms in total. The van der Waals surface area contributed by atoms with E-state index in [1.54, 1.807) is 19.0 Å². The zero-order valence-electron chi connectivity index (χ0n) is 20.5. The first-order valence-corrected chi connectivity index (χ1v) is 12.5. The quantitative estimate of drug-likeness (QED) is 0.363. The minimum absolute atomic E-state index is 0.118. The number of hydrogen-bond donors (Lipinski definition) is 5. The predicted octanol–water partition coefficient (Wildman–Crippen LogP) is 0.119. The lowest BCUT2D eigenvalue weighted by molar-refractivity contribution is -0.184. The first-order valence-electron chi connectivity index (χ1n) is 12.5. The molecule has 36 heavy (non-hydrogen) atoms. The Balaban J connectivity index is 1.66. The van der Waals surface area contributed by atoms with Crippen molar-refractivity contribution < 1.29 is 34.8 Å². The summed E-state index contributed by atoms with van der Waals surface area (Å²) in [6.45, 7) is 1.69. The van der Waals surface area contributed by atoms with Crippen LogP contribution in [0.2, 0.25) is 0 Å². The molecular formula is C26H33N3O7. The summed E-state index contributed by atoms with van der Waals surface area (Å²) >= 11 is 0. The molecule has 2 saturated carbocycles. The normalized spacial score (nSPS) is 34.4. The minimum Gasteiger partial charge on any atom is -0.507 e. The Morgan fingerprint density at radius 3 is 2.42 bits per heavy atom. The highest BCUT2D eigenvalue weighted by molar-refractivity contribution is 6.25. The van der Waals surface area contributed by atoms with E-state index in [4.69, 9.17) is 5.73 Å². The fourth-order valence-corrected chi connectivity index (χ4v) is 7.02. The highest BCUT2D eigenvalue weighted by Crippen LogP contribution is 2.53. The van der Waals surface area contributed by atoms with E-state index >= 15 is 0 Å². The molecular weight excluding hydrogens is 466 g/mol. The van der Waals surface area contributed by atoms with Crippen molar-refractivity contribution in [2.24, 2.45) is 23.5 Å². The molecule has 5 rings (SSSR count). The third-order valence-corrected chi connectivity index (χ3v) is 8.64. The number of anilines is 1. The molecule has 0 bridgehead atoms. The van der Waals surface area contributed by atoms with Crippen LogP contribution in [-0.4, -0.2) is 87.7 Å². The summed E-state index contributed by atoms with van der Waals surface area (Å²) in [5, 5.41) is 44.6. The van der Waals surface area contributed by atoms with Gasteiger partial charge in [-0.3, -0.25) is 14.4 Å². The summed E-state index contributed by atoms with van der Waals surface area (Å²) < 4.78 is 0. The molecule has 0 aromatic heterocycles. The van der Waals surface area contributed by atoms with Crippen LogP contribution in [0.3, 0.4) is 0 Å². The van der Waals surface area contributed by atoms with Crippen molar-refractivity contribution in [3.8, 4) is 5.75 Å². The molecule has 1 aliphatic heterocycles. The molecule has 10 heteroatoms. The molecule has 1 heterocycles. The number of ketones is 2. The molecule has 1 aromatic rings. The Hall–Kier alpha value is -2.95. The van der Waals surface area contributed by atoms with Crippen LogP contribution >= 0.6 is 0 Å². The molecule has 3 fully saturated rings. The number of hydrogen-bond acceptors (Lipinski definition) is 9. The van der Waals surface area contributed by atoms with Gasteiger partial charge in [0, 0.05) is 36.3 Å². The van der Waals surface area contributed by atoms with Gasteiger partial charge in [0.1, 0.15) is 17.4 Å². The highest BCUT2D eigenvalue weighted by atomic mass is 16.3. The van der Waals surface area contributed by atoms with E-state index in [1.165, 1.54) is 6.07 Å². The SMILES string of the molecule is CN(C)C1C(O)C(C(N)=O)C(=O)[C@]2(O)C(=O)C3=C(O)c4c(O)ccc(N5CCCCC5)c4C[C@@H]3C[C@H]12. The summed E-state index contributed by atoms with van der Waals surface area (Å²) in [5.74, 6) is -7.25. The van der Waals surface area contributed by atoms with Crippen LogP contribution in [0.4, 0.5) is 5.69 Å². The zero-order valence-corrected chi connectivity index (χ0v) is 20.5. The van der Waals surface area contributed by atoms with Gasteiger partial charge >= 0.3 is 0 Å². The van der Waals surface area contributed by atoms with Gasteiger partial charge in [-0.2, -0.15) is 0 Å². The van der Waals surface area contributed by atoms with Gasteiger partial charge in [0.15, 0.2) is 11.4 Å². The van der Waals surface area contributed by atoms with Crippen molar-refractivity contribution in [3.63, 3.8) is 0 Å². The van der Waals surface area contributed by atoms with Crippen molar-refractivity contribution >= 4 is 28.9 Å². The molecule has 194 valence electrons. The lowest BCUT2D eigenvalue weighted by Gasteiger charge is -2.53. The maximum atomic E-state index is 13.9. The van der Waals surface area contributed by atoms with Crippen LogP contribution in [0.5, 0.6) is 5.75 Å². The summed E-state index contributed by atoms with van der Waals surface area (Å²) in [6.07, 6.45) is 2.14. The van der Waals surface area contributed by atoms with E-state index in [0.717, 1.165) is 43.6 Å². The summed E-state index contributed by atoms with van der Waals surface area (Å²) in [5.41, 5.74) is 4.39. The monoisotopic (exact) mass is 499 g/mol. The van der Waals surface area contributed by atoms with Gasteiger partial charge in [0.05, 0.1) is 11.7 Å². The van der Waals surface area contributed by atoms with Gasteiger partial charge < -0.3 is 36.0 Å². The lowest BCUT2D eigenvalue weighted by Crippen LogP contribution is -2.73. The van der Waals surface area contributed by atoms with Crippen LogP contribution in [0.1, 0.15) is 36.8 Å². The van der Waals surface area contributed by atoms with Gasteiger partial charge in [-0.1, -0.05) is 0 Å². The third-order valence-electron chi connectivity index (χ3n) is 8.64. The fourth-order valence-electron chi connectivity index (χ4n) is 7.02. The van der Waals surface area contributed by atoms with E-state index in [-0.39, 0.29) is 23.3 Å². The molecule has 0 radical (unpaired) electrons. The summed E-state index contributed by atoms with van der Waals surface area (Å²) in [6, 6.07) is 2.41. The first-order chi connectivity index (χ1) is 17.0. The molecule has 3 unspecified atom stereocenters. The molecule has 1 amide bonds. The van der Waals surface area contributed by atoms with E-state index in [2.05, 4.69) is 4.90 Å². The molecule has 3 aliphatic carbocycles. The second kappa shape index (κ2) is 8.57. The number of rotatable bonds is 3. The number of piperidine rings is 1. The van der Waals surface area contributed by atoms with Crippen molar-refractivity contribution in [3.05, 3.63) is 28.8 Å². The Morgan fingerprint density at radius 2 is 1.81 bits per heavy atom. The number of aliphatic hydroxyl groups is 3. The van der Waals surface area contributed by atoms with Crippen LogP contribution in [0.15, 0.2) is 17.7 Å². The number of likely N-dealkylation sites (N-methyl/N-ethyl adjacent to an activating group) is 1. The predicted molar refractivity (Wildman–Crippen MR) is 130 cm³/mol.